The van der Waals surface area contributed by atoms with Crippen LogP contribution in [0.2, 0.25) is 0 Å². The molecule has 0 spiro atoms. The maximum Gasteiger partial charge on any atom is 0.227 e. The molecule has 2 aliphatic heterocycles. The van der Waals surface area contributed by atoms with Crippen molar-refractivity contribution >= 4 is 23.1 Å². The van der Waals surface area contributed by atoms with E-state index < -0.39 is 0 Å². The molecular weight excluding hydrogens is 420 g/mol. The number of methoxy groups -OCH3 is 3. The highest BCUT2D eigenvalue weighted by atomic mass is 16.5. The van der Waals surface area contributed by atoms with E-state index in [1.165, 1.54) is 0 Å². The molecule has 1 saturated heterocycles. The van der Waals surface area contributed by atoms with Gasteiger partial charge < -0.3 is 24.0 Å². The van der Waals surface area contributed by atoms with Crippen molar-refractivity contribution in [1.29, 1.82) is 0 Å². The Morgan fingerprint density at radius 3 is 2.15 bits per heavy atom. The van der Waals surface area contributed by atoms with Gasteiger partial charge in [0.1, 0.15) is 17.2 Å². The fraction of sp³-hybridized carbons (Fsp3) is 0.385. The Labute approximate surface area is 194 Å². The molecular formula is C26H30N2O5. The van der Waals surface area contributed by atoms with Crippen LogP contribution < -0.4 is 19.1 Å². The van der Waals surface area contributed by atoms with Gasteiger partial charge >= 0.3 is 0 Å². The molecule has 0 radical (unpaired) electrons. The number of hydrogen-bond acceptors (Lipinski definition) is 5. The number of ether oxygens (including phenoxy) is 3. The molecule has 0 bridgehead atoms. The van der Waals surface area contributed by atoms with Gasteiger partial charge in [0.2, 0.25) is 11.8 Å². The summed E-state index contributed by atoms with van der Waals surface area (Å²) in [5.41, 5.74) is 3.85. The van der Waals surface area contributed by atoms with Gasteiger partial charge in [-0.2, -0.15) is 0 Å². The molecule has 0 saturated carbocycles. The molecule has 0 aliphatic carbocycles. The second-order valence-corrected chi connectivity index (χ2v) is 8.22. The van der Waals surface area contributed by atoms with Gasteiger partial charge in [0.15, 0.2) is 0 Å². The molecule has 0 atom stereocenters. The predicted octanol–water partition coefficient (Wildman–Crippen LogP) is 3.70. The summed E-state index contributed by atoms with van der Waals surface area (Å²) in [6.07, 6.45) is 4.63. The first-order chi connectivity index (χ1) is 16.0. The van der Waals surface area contributed by atoms with Crippen LogP contribution in [0.15, 0.2) is 42.5 Å². The molecule has 2 aromatic carbocycles. The Bertz CT molecular complexity index is 1040. The number of nitrogens with zero attached hydrogens (tertiary/aromatic N) is 2. The summed E-state index contributed by atoms with van der Waals surface area (Å²) < 4.78 is 16.5. The Morgan fingerprint density at radius 1 is 0.939 bits per heavy atom. The second-order valence-electron chi connectivity index (χ2n) is 8.22. The summed E-state index contributed by atoms with van der Waals surface area (Å²) in [6.45, 7) is 1.93. The lowest BCUT2D eigenvalue weighted by Gasteiger charge is -2.28. The smallest absolute Gasteiger partial charge is 0.227 e. The number of hydrogen-bond donors (Lipinski definition) is 0. The minimum Gasteiger partial charge on any atom is -0.496 e. The van der Waals surface area contributed by atoms with Crippen molar-refractivity contribution in [2.24, 2.45) is 0 Å². The Morgan fingerprint density at radius 2 is 1.64 bits per heavy atom. The maximum absolute atomic E-state index is 12.9. The summed E-state index contributed by atoms with van der Waals surface area (Å²) in [5.74, 6) is 2.30. The van der Waals surface area contributed by atoms with E-state index in [4.69, 9.17) is 14.2 Å². The Kier molecular flexibility index (Phi) is 6.87. The van der Waals surface area contributed by atoms with Crippen molar-refractivity contribution in [2.45, 2.75) is 25.7 Å². The first-order valence-electron chi connectivity index (χ1n) is 11.2. The van der Waals surface area contributed by atoms with Crippen molar-refractivity contribution in [1.82, 2.24) is 4.90 Å². The molecule has 0 unspecified atom stereocenters. The van der Waals surface area contributed by atoms with Crippen LogP contribution in [0, 0.1) is 0 Å². The predicted molar refractivity (Wildman–Crippen MR) is 127 cm³/mol. The van der Waals surface area contributed by atoms with Gasteiger partial charge in [-0.3, -0.25) is 9.59 Å². The first-order valence-corrected chi connectivity index (χ1v) is 11.2. The summed E-state index contributed by atoms with van der Waals surface area (Å²) >= 11 is 0. The average molecular weight is 451 g/mol. The molecule has 0 N–H and O–H groups in total. The molecule has 7 heteroatoms. The largest absolute Gasteiger partial charge is 0.496 e. The highest BCUT2D eigenvalue weighted by Crippen LogP contribution is 2.40. The van der Waals surface area contributed by atoms with E-state index >= 15 is 0 Å². The highest BCUT2D eigenvalue weighted by molar-refractivity contribution is 5.95. The van der Waals surface area contributed by atoms with Crippen molar-refractivity contribution in [3.8, 4) is 17.2 Å². The van der Waals surface area contributed by atoms with Gasteiger partial charge in [-0.1, -0.05) is 18.2 Å². The number of anilines is 1. The standard InChI is InChI=1S/C26H30N2O5/c1-31-21-16-22(32-2)26(23(17-21)33-3)19-10-13-27(14-11-19)25(30)15-18-6-8-20(9-7-18)28-12-4-5-24(28)29/h6-10,16-17H,4-5,11-15H2,1-3H3. The van der Waals surface area contributed by atoms with Gasteiger partial charge in [0.05, 0.1) is 33.3 Å². The zero-order valence-electron chi connectivity index (χ0n) is 19.4. The molecule has 33 heavy (non-hydrogen) atoms. The van der Waals surface area contributed by atoms with Crippen molar-refractivity contribution < 1.29 is 23.8 Å². The number of amides is 2. The highest BCUT2D eigenvalue weighted by Gasteiger charge is 2.24. The quantitative estimate of drug-likeness (QED) is 0.644. The number of benzene rings is 2. The molecule has 2 aliphatic rings. The number of rotatable bonds is 7. The Hall–Kier alpha value is -3.48. The fourth-order valence-electron chi connectivity index (χ4n) is 4.45. The van der Waals surface area contributed by atoms with E-state index in [0.29, 0.717) is 49.6 Å². The van der Waals surface area contributed by atoms with Crippen molar-refractivity contribution in [3.05, 3.63) is 53.6 Å². The van der Waals surface area contributed by atoms with Crippen LogP contribution in [0.4, 0.5) is 5.69 Å². The van der Waals surface area contributed by atoms with Crippen LogP contribution >= 0.6 is 0 Å². The monoisotopic (exact) mass is 450 g/mol. The van der Waals surface area contributed by atoms with Gasteiger partial charge in [-0.05, 0) is 36.1 Å². The van der Waals surface area contributed by atoms with Crippen LogP contribution in [-0.2, 0) is 16.0 Å². The summed E-state index contributed by atoms with van der Waals surface area (Å²) in [7, 11) is 4.86. The SMILES string of the molecule is COc1cc(OC)c(C2=CCN(C(=O)Cc3ccc(N4CCCC4=O)cc3)CC2)c(OC)c1. The first kappa shape index (κ1) is 22.7. The van der Waals surface area contributed by atoms with Gasteiger partial charge in [-0.15, -0.1) is 0 Å². The summed E-state index contributed by atoms with van der Waals surface area (Å²) in [5, 5.41) is 0. The van der Waals surface area contributed by atoms with Crippen LogP contribution in [0.25, 0.3) is 5.57 Å². The van der Waals surface area contributed by atoms with Crippen molar-refractivity contribution in [3.63, 3.8) is 0 Å². The van der Waals surface area contributed by atoms with Gasteiger partial charge in [-0.25, -0.2) is 0 Å². The van der Waals surface area contributed by atoms with Gasteiger partial charge in [0, 0.05) is 43.9 Å². The van der Waals surface area contributed by atoms with E-state index in [9.17, 15) is 9.59 Å². The van der Waals surface area contributed by atoms with E-state index in [1.54, 1.807) is 21.3 Å². The second kappa shape index (κ2) is 9.98. The lowest BCUT2D eigenvalue weighted by Crippen LogP contribution is -2.35. The minimum absolute atomic E-state index is 0.0870. The van der Waals surface area contributed by atoms with Crippen LogP contribution in [0.1, 0.15) is 30.4 Å². The lowest BCUT2D eigenvalue weighted by atomic mass is 9.96. The molecule has 174 valence electrons. The van der Waals surface area contributed by atoms with Crippen LogP contribution in [0.5, 0.6) is 17.2 Å². The molecule has 1 fully saturated rings. The molecule has 0 aromatic heterocycles. The average Bonchev–Trinajstić information content (AvgIpc) is 3.29. The zero-order chi connectivity index (χ0) is 23.4. The molecule has 2 amide bonds. The third kappa shape index (κ3) is 4.82. The van der Waals surface area contributed by atoms with Gasteiger partial charge in [0.25, 0.3) is 0 Å². The zero-order valence-corrected chi connectivity index (χ0v) is 19.4. The molecule has 2 heterocycles. The number of carbonyl (C=O) groups excluding carboxylic acids is 2. The van der Waals surface area contributed by atoms with E-state index in [-0.39, 0.29) is 11.8 Å². The lowest BCUT2D eigenvalue weighted by molar-refractivity contribution is -0.130. The normalized spacial score (nSPS) is 16.0. The summed E-state index contributed by atoms with van der Waals surface area (Å²) in [6, 6.07) is 11.4. The van der Waals surface area contributed by atoms with E-state index in [1.807, 2.05) is 46.2 Å². The van der Waals surface area contributed by atoms with E-state index in [0.717, 1.165) is 35.4 Å². The van der Waals surface area contributed by atoms with Crippen LogP contribution in [-0.4, -0.2) is 57.7 Å². The fourth-order valence-corrected chi connectivity index (χ4v) is 4.45. The third-order valence-corrected chi connectivity index (χ3v) is 6.27. The van der Waals surface area contributed by atoms with Crippen LogP contribution in [0.3, 0.4) is 0 Å². The van der Waals surface area contributed by atoms with E-state index in [2.05, 4.69) is 6.08 Å². The molecule has 4 rings (SSSR count). The number of carbonyl (C=O) groups is 2. The third-order valence-electron chi connectivity index (χ3n) is 6.27. The minimum atomic E-state index is 0.0870. The molecule has 2 aromatic rings. The summed E-state index contributed by atoms with van der Waals surface area (Å²) in [4.78, 5) is 28.5. The van der Waals surface area contributed by atoms with Crippen molar-refractivity contribution in [2.75, 3.05) is 45.9 Å². The topological polar surface area (TPSA) is 68.3 Å². The Balaban J connectivity index is 1.43. The molecule has 7 nitrogen and oxygen atoms in total. The maximum atomic E-state index is 12.9.